The molecule has 2 aromatic heterocycles. The molecule has 0 unspecified atom stereocenters. The topological polar surface area (TPSA) is 64.0 Å². The molecule has 0 fully saturated rings. The fraction of sp³-hybridized carbons (Fsp3) is 0.208. The first-order chi connectivity index (χ1) is 15.1. The first kappa shape index (κ1) is 20.0. The molecule has 2 aromatic carbocycles. The van der Waals surface area contributed by atoms with E-state index in [2.05, 4.69) is 5.32 Å². The molecular weight excluding hydrogens is 426 g/mol. The van der Waals surface area contributed by atoms with E-state index in [4.69, 9.17) is 4.98 Å². The van der Waals surface area contributed by atoms with Gasteiger partial charge in [-0.3, -0.25) is 14.2 Å². The second-order valence-electron chi connectivity index (χ2n) is 7.61. The van der Waals surface area contributed by atoms with Gasteiger partial charge in [0.1, 0.15) is 4.83 Å². The molecule has 156 valence electrons. The van der Waals surface area contributed by atoms with Crippen molar-refractivity contribution in [1.82, 2.24) is 9.55 Å². The molecule has 0 spiro atoms. The summed E-state index contributed by atoms with van der Waals surface area (Å²) in [5.41, 5.74) is 3.78. The molecule has 5 rings (SSSR count). The van der Waals surface area contributed by atoms with Crippen molar-refractivity contribution in [3.8, 4) is 5.69 Å². The van der Waals surface area contributed by atoms with Gasteiger partial charge in [0, 0.05) is 10.6 Å². The summed E-state index contributed by atoms with van der Waals surface area (Å²) >= 11 is 2.91. The second kappa shape index (κ2) is 8.32. The molecule has 31 heavy (non-hydrogen) atoms. The van der Waals surface area contributed by atoms with Crippen LogP contribution in [0.1, 0.15) is 22.4 Å². The Hall–Kier alpha value is -2.90. The fourth-order valence-electron chi connectivity index (χ4n) is 3.89. The van der Waals surface area contributed by atoms with Crippen molar-refractivity contribution < 1.29 is 4.79 Å². The number of nitrogens with one attached hydrogen (secondary N) is 1. The summed E-state index contributed by atoms with van der Waals surface area (Å²) in [4.78, 5) is 33.0. The van der Waals surface area contributed by atoms with E-state index >= 15 is 0 Å². The number of nitrogens with zero attached hydrogens (tertiary/aromatic N) is 2. The monoisotopic (exact) mass is 447 g/mol. The first-order valence-electron chi connectivity index (χ1n) is 10.2. The van der Waals surface area contributed by atoms with Crippen molar-refractivity contribution in [3.05, 3.63) is 81.0 Å². The van der Waals surface area contributed by atoms with Crippen LogP contribution in [0, 0.1) is 6.92 Å². The van der Waals surface area contributed by atoms with Crippen LogP contribution in [-0.4, -0.2) is 21.2 Å². The molecule has 0 atom stereocenters. The Labute approximate surface area is 188 Å². The third-order valence-corrected chi connectivity index (χ3v) is 7.51. The molecule has 0 radical (unpaired) electrons. The Balaban J connectivity index is 1.49. The molecule has 2 heterocycles. The number of aromatic nitrogens is 2. The summed E-state index contributed by atoms with van der Waals surface area (Å²) in [6.07, 6.45) is 3.05. The predicted molar refractivity (Wildman–Crippen MR) is 128 cm³/mol. The quantitative estimate of drug-likeness (QED) is 0.346. The highest BCUT2D eigenvalue weighted by molar-refractivity contribution is 7.99. The lowest BCUT2D eigenvalue weighted by Gasteiger charge is -2.12. The first-order valence-corrected chi connectivity index (χ1v) is 12.0. The van der Waals surface area contributed by atoms with Crippen LogP contribution in [0.25, 0.3) is 15.9 Å². The van der Waals surface area contributed by atoms with Gasteiger partial charge in [-0.15, -0.1) is 11.3 Å². The number of rotatable bonds is 5. The minimum atomic E-state index is -0.128. The van der Waals surface area contributed by atoms with E-state index in [1.54, 1.807) is 15.9 Å². The number of carbonyl (C=O) groups is 1. The SMILES string of the molecule is Cc1ccc(NC(=O)CSc2nc3sc4c(c3c(=O)n2-c2ccccc2)CCC4)cc1. The zero-order valence-electron chi connectivity index (χ0n) is 17.1. The van der Waals surface area contributed by atoms with Crippen LogP contribution in [0.2, 0.25) is 0 Å². The van der Waals surface area contributed by atoms with Crippen LogP contribution in [-0.2, 0) is 17.6 Å². The van der Waals surface area contributed by atoms with Gasteiger partial charge in [0.05, 0.1) is 16.8 Å². The molecule has 0 saturated carbocycles. The maximum Gasteiger partial charge on any atom is 0.267 e. The lowest BCUT2D eigenvalue weighted by atomic mass is 10.2. The number of aryl methyl sites for hydroxylation is 3. The molecule has 5 nitrogen and oxygen atoms in total. The van der Waals surface area contributed by atoms with Crippen molar-refractivity contribution in [2.24, 2.45) is 0 Å². The van der Waals surface area contributed by atoms with Crippen LogP contribution < -0.4 is 10.9 Å². The molecule has 1 aliphatic carbocycles. The Morgan fingerprint density at radius 2 is 1.90 bits per heavy atom. The van der Waals surface area contributed by atoms with Gasteiger partial charge < -0.3 is 5.32 Å². The normalized spacial score (nSPS) is 12.8. The molecule has 0 saturated heterocycles. The van der Waals surface area contributed by atoms with Crippen molar-refractivity contribution >= 4 is 44.9 Å². The van der Waals surface area contributed by atoms with Crippen LogP contribution >= 0.6 is 23.1 Å². The number of carbonyl (C=O) groups excluding carboxylic acids is 1. The number of amides is 1. The van der Waals surface area contributed by atoms with E-state index in [1.807, 2.05) is 61.5 Å². The van der Waals surface area contributed by atoms with Crippen LogP contribution in [0.3, 0.4) is 0 Å². The largest absolute Gasteiger partial charge is 0.325 e. The fourth-order valence-corrected chi connectivity index (χ4v) is 6.01. The van der Waals surface area contributed by atoms with Crippen molar-refractivity contribution in [2.45, 2.75) is 31.3 Å². The summed E-state index contributed by atoms with van der Waals surface area (Å²) in [6, 6.07) is 17.2. The van der Waals surface area contributed by atoms with Gasteiger partial charge in [-0.2, -0.15) is 0 Å². The standard InChI is InChI=1S/C24H21N3O2S2/c1-15-10-12-16(13-11-15)25-20(28)14-30-24-26-22-21(18-8-5-9-19(18)31-22)23(29)27(24)17-6-3-2-4-7-17/h2-4,6-7,10-13H,5,8-9,14H2,1H3,(H,25,28). The number of thiophene rings is 1. The Morgan fingerprint density at radius 1 is 1.13 bits per heavy atom. The minimum Gasteiger partial charge on any atom is -0.325 e. The molecule has 1 aliphatic rings. The van der Waals surface area contributed by atoms with Gasteiger partial charge in [-0.25, -0.2) is 4.98 Å². The average Bonchev–Trinajstić information content (AvgIpc) is 3.35. The van der Waals surface area contributed by atoms with Crippen molar-refractivity contribution in [2.75, 3.05) is 11.1 Å². The Kier molecular flexibility index (Phi) is 5.38. The van der Waals surface area contributed by atoms with Gasteiger partial charge in [0.15, 0.2) is 5.16 Å². The minimum absolute atomic E-state index is 0.0444. The highest BCUT2D eigenvalue weighted by Crippen LogP contribution is 2.36. The highest BCUT2D eigenvalue weighted by Gasteiger charge is 2.24. The third kappa shape index (κ3) is 3.91. The smallest absolute Gasteiger partial charge is 0.267 e. The van der Waals surface area contributed by atoms with E-state index in [1.165, 1.54) is 16.6 Å². The van der Waals surface area contributed by atoms with E-state index < -0.39 is 0 Å². The third-order valence-electron chi connectivity index (χ3n) is 5.39. The van der Waals surface area contributed by atoms with Gasteiger partial charge in [0.25, 0.3) is 5.56 Å². The summed E-state index contributed by atoms with van der Waals surface area (Å²) in [5.74, 6) is 0.0421. The van der Waals surface area contributed by atoms with Crippen LogP contribution in [0.15, 0.2) is 64.5 Å². The summed E-state index contributed by atoms with van der Waals surface area (Å²) < 4.78 is 1.65. The number of para-hydroxylation sites is 1. The molecule has 1 amide bonds. The predicted octanol–water partition coefficient (Wildman–Crippen LogP) is 4.98. The number of thioether (sulfide) groups is 1. The van der Waals surface area contributed by atoms with E-state index in [-0.39, 0.29) is 17.2 Å². The molecule has 4 aromatic rings. The lowest BCUT2D eigenvalue weighted by molar-refractivity contribution is -0.113. The molecular formula is C24H21N3O2S2. The molecule has 0 aliphatic heterocycles. The number of anilines is 1. The van der Waals surface area contributed by atoms with E-state index in [0.29, 0.717) is 5.16 Å². The van der Waals surface area contributed by atoms with Gasteiger partial charge >= 0.3 is 0 Å². The molecule has 7 heteroatoms. The molecule has 1 N–H and O–H groups in total. The Bertz CT molecular complexity index is 1330. The summed E-state index contributed by atoms with van der Waals surface area (Å²) in [7, 11) is 0. The Morgan fingerprint density at radius 3 is 2.68 bits per heavy atom. The van der Waals surface area contributed by atoms with E-state index in [9.17, 15) is 9.59 Å². The lowest BCUT2D eigenvalue weighted by Crippen LogP contribution is -2.23. The van der Waals surface area contributed by atoms with Gasteiger partial charge in [-0.1, -0.05) is 47.7 Å². The van der Waals surface area contributed by atoms with E-state index in [0.717, 1.165) is 52.0 Å². The number of hydrogen-bond acceptors (Lipinski definition) is 5. The maximum absolute atomic E-state index is 13.6. The zero-order valence-corrected chi connectivity index (χ0v) is 18.7. The number of fused-ring (bicyclic) bond motifs is 3. The summed E-state index contributed by atoms with van der Waals surface area (Å²) in [5, 5.41) is 4.20. The average molecular weight is 448 g/mol. The second-order valence-corrected chi connectivity index (χ2v) is 9.64. The van der Waals surface area contributed by atoms with Crippen LogP contribution in [0.4, 0.5) is 5.69 Å². The number of hydrogen-bond donors (Lipinski definition) is 1. The highest BCUT2D eigenvalue weighted by atomic mass is 32.2. The van der Waals surface area contributed by atoms with Gasteiger partial charge in [0.2, 0.25) is 5.91 Å². The maximum atomic E-state index is 13.6. The molecule has 0 bridgehead atoms. The zero-order chi connectivity index (χ0) is 21.4. The summed E-state index contributed by atoms with van der Waals surface area (Å²) in [6.45, 7) is 2.01. The number of benzene rings is 2. The van der Waals surface area contributed by atoms with Crippen LogP contribution in [0.5, 0.6) is 0 Å². The van der Waals surface area contributed by atoms with Crippen molar-refractivity contribution in [3.63, 3.8) is 0 Å². The van der Waals surface area contributed by atoms with Crippen molar-refractivity contribution in [1.29, 1.82) is 0 Å². The van der Waals surface area contributed by atoms with Gasteiger partial charge in [-0.05, 0) is 56.0 Å².